The van der Waals surface area contributed by atoms with Gasteiger partial charge in [0, 0.05) is 11.4 Å². The van der Waals surface area contributed by atoms with E-state index in [0.29, 0.717) is 17.4 Å². The highest BCUT2D eigenvalue weighted by Gasteiger charge is 2.28. The molecule has 0 aliphatic carbocycles. The first-order valence-electron chi connectivity index (χ1n) is 6.56. The van der Waals surface area contributed by atoms with Gasteiger partial charge in [0.25, 0.3) is 0 Å². The van der Waals surface area contributed by atoms with E-state index in [1.165, 1.54) is 11.3 Å². The number of thiophene rings is 1. The van der Waals surface area contributed by atoms with E-state index in [4.69, 9.17) is 16.3 Å². The van der Waals surface area contributed by atoms with E-state index in [9.17, 15) is 9.90 Å². The Kier molecular flexibility index (Phi) is 5.26. The summed E-state index contributed by atoms with van der Waals surface area (Å²) in [7, 11) is 0. The number of nitrogens with zero attached hydrogens (tertiary/aromatic N) is 1. The number of urea groups is 1. The average Bonchev–Trinajstić information content (AvgIpc) is 2.84. The summed E-state index contributed by atoms with van der Waals surface area (Å²) in [6.45, 7) is 4.67. The second-order valence-corrected chi connectivity index (χ2v) is 6.72. The lowest BCUT2D eigenvalue weighted by Gasteiger charge is -2.36. The van der Waals surface area contributed by atoms with E-state index in [2.05, 4.69) is 5.32 Å². The molecule has 5 nitrogen and oxygen atoms in total. The third kappa shape index (κ3) is 3.85. The van der Waals surface area contributed by atoms with Crippen molar-refractivity contribution in [2.75, 3.05) is 19.7 Å². The van der Waals surface area contributed by atoms with Gasteiger partial charge in [-0.05, 0) is 26.0 Å². The largest absolute Gasteiger partial charge is 0.394 e. The van der Waals surface area contributed by atoms with E-state index in [1.54, 1.807) is 4.90 Å². The van der Waals surface area contributed by atoms with Gasteiger partial charge in [0.1, 0.15) is 0 Å². The SMILES string of the molecule is C[C@@H]1CN(C(=O)N[C@H](C)c2ccc(Cl)s2)C[C@H](CO)O1. The van der Waals surface area contributed by atoms with Gasteiger partial charge < -0.3 is 20.1 Å². The number of aliphatic hydroxyl groups is 1. The van der Waals surface area contributed by atoms with Crippen molar-refractivity contribution in [1.29, 1.82) is 0 Å². The minimum Gasteiger partial charge on any atom is -0.394 e. The number of hydrogen-bond donors (Lipinski definition) is 2. The second kappa shape index (κ2) is 6.76. The molecule has 0 bridgehead atoms. The van der Waals surface area contributed by atoms with E-state index in [-0.39, 0.29) is 30.9 Å². The molecular formula is C13H19ClN2O3S. The van der Waals surface area contributed by atoms with Gasteiger partial charge in [0.05, 0.1) is 35.7 Å². The number of carbonyl (C=O) groups is 1. The number of ether oxygens (including phenoxy) is 1. The molecule has 2 heterocycles. The number of rotatable bonds is 3. The quantitative estimate of drug-likeness (QED) is 0.898. The maximum Gasteiger partial charge on any atom is 0.318 e. The number of aliphatic hydroxyl groups excluding tert-OH is 1. The van der Waals surface area contributed by atoms with Crippen molar-refractivity contribution in [3.05, 3.63) is 21.3 Å². The Morgan fingerprint density at radius 1 is 1.65 bits per heavy atom. The normalized spacial score (nSPS) is 24.5. The molecule has 1 aromatic rings. The van der Waals surface area contributed by atoms with Gasteiger partial charge in [-0.25, -0.2) is 4.79 Å². The van der Waals surface area contributed by atoms with Crippen molar-refractivity contribution >= 4 is 29.0 Å². The van der Waals surface area contributed by atoms with Gasteiger partial charge in [-0.3, -0.25) is 0 Å². The van der Waals surface area contributed by atoms with Crippen LogP contribution in [-0.4, -0.2) is 47.9 Å². The Morgan fingerprint density at radius 3 is 3.00 bits per heavy atom. The summed E-state index contributed by atoms with van der Waals surface area (Å²) in [5.41, 5.74) is 0. The lowest BCUT2D eigenvalue weighted by atomic mass is 10.2. The van der Waals surface area contributed by atoms with Crippen molar-refractivity contribution < 1.29 is 14.6 Å². The molecule has 0 radical (unpaired) electrons. The maximum absolute atomic E-state index is 12.2. The van der Waals surface area contributed by atoms with Crippen LogP contribution in [0.5, 0.6) is 0 Å². The molecule has 2 N–H and O–H groups in total. The highest BCUT2D eigenvalue weighted by molar-refractivity contribution is 7.16. The van der Waals surface area contributed by atoms with Crippen LogP contribution in [0.3, 0.4) is 0 Å². The zero-order chi connectivity index (χ0) is 14.7. The van der Waals surface area contributed by atoms with Crippen LogP contribution in [0.25, 0.3) is 0 Å². The predicted molar refractivity (Wildman–Crippen MR) is 79.3 cm³/mol. The van der Waals surface area contributed by atoms with Crippen LogP contribution in [0.4, 0.5) is 4.79 Å². The van der Waals surface area contributed by atoms with Gasteiger partial charge >= 0.3 is 6.03 Å². The summed E-state index contributed by atoms with van der Waals surface area (Å²) in [5.74, 6) is 0. The standard InChI is InChI=1S/C13H19ClN2O3S/c1-8-5-16(6-10(7-17)19-8)13(18)15-9(2)11-3-4-12(14)20-11/h3-4,8-10,17H,5-7H2,1-2H3,(H,15,18)/t8-,9-,10-/m1/s1. The Labute approximate surface area is 127 Å². The summed E-state index contributed by atoms with van der Waals surface area (Å²) < 4.78 is 6.23. The van der Waals surface area contributed by atoms with Gasteiger partial charge in [-0.2, -0.15) is 0 Å². The van der Waals surface area contributed by atoms with Crippen LogP contribution in [0.2, 0.25) is 4.34 Å². The number of halogens is 1. The van der Waals surface area contributed by atoms with Crippen LogP contribution < -0.4 is 5.32 Å². The van der Waals surface area contributed by atoms with E-state index in [1.807, 2.05) is 26.0 Å². The van der Waals surface area contributed by atoms with Gasteiger partial charge in [0.2, 0.25) is 0 Å². The Morgan fingerprint density at radius 2 is 2.40 bits per heavy atom. The van der Waals surface area contributed by atoms with E-state index < -0.39 is 0 Å². The summed E-state index contributed by atoms with van der Waals surface area (Å²) in [5, 5.41) is 12.1. The molecule has 1 aliphatic rings. The monoisotopic (exact) mass is 318 g/mol. The van der Waals surface area contributed by atoms with Crippen LogP contribution in [0.15, 0.2) is 12.1 Å². The molecule has 0 saturated carbocycles. The van der Waals surface area contributed by atoms with Gasteiger partial charge in [-0.1, -0.05) is 11.6 Å². The van der Waals surface area contributed by atoms with Crippen molar-refractivity contribution in [1.82, 2.24) is 10.2 Å². The van der Waals surface area contributed by atoms with Crippen LogP contribution in [0.1, 0.15) is 24.8 Å². The molecule has 112 valence electrons. The molecule has 2 amide bonds. The number of morpholine rings is 1. The molecule has 0 spiro atoms. The molecule has 7 heteroatoms. The number of nitrogens with one attached hydrogen (secondary N) is 1. The summed E-state index contributed by atoms with van der Waals surface area (Å²) in [4.78, 5) is 14.9. The van der Waals surface area contributed by atoms with Crippen molar-refractivity contribution in [3.63, 3.8) is 0 Å². The number of hydrogen-bond acceptors (Lipinski definition) is 4. The fourth-order valence-corrected chi connectivity index (χ4v) is 3.28. The summed E-state index contributed by atoms with van der Waals surface area (Å²) >= 11 is 7.36. The fourth-order valence-electron chi connectivity index (χ4n) is 2.22. The zero-order valence-electron chi connectivity index (χ0n) is 11.5. The third-order valence-electron chi connectivity index (χ3n) is 3.18. The van der Waals surface area contributed by atoms with Crippen molar-refractivity contribution in [2.24, 2.45) is 0 Å². The molecule has 1 fully saturated rings. The fraction of sp³-hybridized carbons (Fsp3) is 0.615. The summed E-state index contributed by atoms with van der Waals surface area (Å²) in [6, 6.07) is 3.50. The topological polar surface area (TPSA) is 61.8 Å². The lowest BCUT2D eigenvalue weighted by molar-refractivity contribution is -0.0835. The molecule has 3 atom stereocenters. The molecule has 2 rings (SSSR count). The zero-order valence-corrected chi connectivity index (χ0v) is 13.1. The first-order valence-corrected chi connectivity index (χ1v) is 7.76. The van der Waals surface area contributed by atoms with E-state index in [0.717, 1.165) is 4.88 Å². The van der Waals surface area contributed by atoms with Gasteiger partial charge in [-0.15, -0.1) is 11.3 Å². The van der Waals surface area contributed by atoms with Crippen LogP contribution in [-0.2, 0) is 4.74 Å². The Balaban J connectivity index is 1.93. The predicted octanol–water partition coefficient (Wildman–Crippen LogP) is 2.25. The Bertz CT molecular complexity index is 468. The smallest absolute Gasteiger partial charge is 0.318 e. The number of carbonyl (C=O) groups excluding carboxylic acids is 1. The summed E-state index contributed by atoms with van der Waals surface area (Å²) in [6.07, 6.45) is -0.380. The third-order valence-corrected chi connectivity index (χ3v) is 4.59. The first-order chi connectivity index (χ1) is 9.49. The Hall–Kier alpha value is -0.820. The van der Waals surface area contributed by atoms with Gasteiger partial charge in [0.15, 0.2) is 0 Å². The van der Waals surface area contributed by atoms with Crippen LogP contribution >= 0.6 is 22.9 Å². The first kappa shape index (κ1) is 15.6. The average molecular weight is 319 g/mol. The van der Waals surface area contributed by atoms with E-state index >= 15 is 0 Å². The molecule has 1 saturated heterocycles. The maximum atomic E-state index is 12.2. The molecular weight excluding hydrogens is 300 g/mol. The number of amides is 2. The molecule has 0 unspecified atom stereocenters. The molecule has 20 heavy (non-hydrogen) atoms. The van der Waals surface area contributed by atoms with Crippen molar-refractivity contribution in [2.45, 2.75) is 32.1 Å². The van der Waals surface area contributed by atoms with Crippen LogP contribution in [0, 0.1) is 0 Å². The minimum absolute atomic E-state index is 0.0712. The highest BCUT2D eigenvalue weighted by Crippen LogP contribution is 2.26. The minimum atomic E-state index is -0.309. The lowest BCUT2D eigenvalue weighted by Crippen LogP contribution is -2.53. The van der Waals surface area contributed by atoms with Crippen molar-refractivity contribution in [3.8, 4) is 0 Å². The second-order valence-electron chi connectivity index (χ2n) is 4.97. The highest BCUT2D eigenvalue weighted by atomic mass is 35.5. The molecule has 0 aromatic carbocycles. The molecule has 1 aromatic heterocycles. The molecule has 1 aliphatic heterocycles.